The maximum absolute atomic E-state index is 13.7. The van der Waals surface area contributed by atoms with Crippen molar-refractivity contribution in [3.05, 3.63) is 29.8 Å². The lowest BCUT2D eigenvalue weighted by molar-refractivity contribution is -0.142. The quantitative estimate of drug-likeness (QED) is 0.0290. The lowest BCUT2D eigenvalue weighted by Crippen LogP contribution is -2.62. The molecule has 0 aliphatic carbocycles. The Morgan fingerprint density at radius 2 is 1.11 bits per heavy atom. The molecule has 0 unspecified atom stereocenters. The van der Waals surface area contributed by atoms with Crippen LogP contribution in [0.1, 0.15) is 85.1 Å². The number of aliphatic carboxylic acids is 1. The summed E-state index contributed by atoms with van der Waals surface area (Å²) in [5, 5.41) is 48.8. The minimum Gasteiger partial charge on any atom is -0.508 e. The Labute approximate surface area is 422 Å². The van der Waals surface area contributed by atoms with Gasteiger partial charge in [-0.25, -0.2) is 4.79 Å². The lowest BCUT2D eigenvalue weighted by atomic mass is 10.0. The van der Waals surface area contributed by atoms with Crippen molar-refractivity contribution in [1.29, 1.82) is 0 Å². The predicted octanol–water partition coefficient (Wildman–Crippen LogP) is -4.43. The average Bonchev–Trinajstić information content (AvgIpc) is 3.28. The molecule has 72 heavy (non-hydrogen) atoms. The van der Waals surface area contributed by atoms with Gasteiger partial charge in [-0.05, 0) is 93.5 Å². The van der Waals surface area contributed by atoms with Gasteiger partial charge in [-0.3, -0.25) is 47.9 Å². The van der Waals surface area contributed by atoms with Crippen LogP contribution in [0.15, 0.2) is 24.3 Å². The van der Waals surface area contributed by atoms with Gasteiger partial charge in [0.2, 0.25) is 59.1 Å². The average molecular weight is 1040 g/mol. The van der Waals surface area contributed by atoms with E-state index in [4.69, 9.17) is 22.9 Å². The second kappa shape index (κ2) is 32.4. The van der Waals surface area contributed by atoms with Crippen LogP contribution < -0.4 is 65.5 Å². The van der Waals surface area contributed by atoms with E-state index in [0.29, 0.717) is 24.9 Å². The van der Waals surface area contributed by atoms with E-state index >= 15 is 0 Å². The number of aromatic hydroxyl groups is 1. The first-order chi connectivity index (χ1) is 33.7. The van der Waals surface area contributed by atoms with Crippen molar-refractivity contribution in [3.63, 3.8) is 0 Å². The van der Waals surface area contributed by atoms with Crippen LogP contribution >= 0.6 is 11.8 Å². The molecular formula is C45H74N12O14S. The normalized spacial score (nSPS) is 14.9. The number of phenols is 1. The second-order valence-electron chi connectivity index (χ2n) is 17.9. The Kier molecular flexibility index (Phi) is 28.5. The fraction of sp³-hybridized carbons (Fsp3) is 0.622. The summed E-state index contributed by atoms with van der Waals surface area (Å²) >= 11 is 1.29. The van der Waals surface area contributed by atoms with Gasteiger partial charge < -0.3 is 80.8 Å². The van der Waals surface area contributed by atoms with Gasteiger partial charge in [0.25, 0.3) is 0 Å². The summed E-state index contributed by atoms with van der Waals surface area (Å²) in [5.41, 5.74) is 23.0. The summed E-state index contributed by atoms with van der Waals surface area (Å²) in [6, 6.07) is -5.86. The number of nitrogens with one attached hydrogen (secondary N) is 8. The van der Waals surface area contributed by atoms with Gasteiger partial charge >= 0.3 is 5.97 Å². The van der Waals surface area contributed by atoms with E-state index in [2.05, 4.69) is 42.5 Å². The van der Waals surface area contributed by atoms with Gasteiger partial charge in [0, 0.05) is 0 Å². The number of hydrogen-bond acceptors (Lipinski definition) is 16. The highest BCUT2D eigenvalue weighted by Crippen LogP contribution is 2.13. The Morgan fingerprint density at radius 3 is 1.60 bits per heavy atom. The van der Waals surface area contributed by atoms with Gasteiger partial charge in [0.15, 0.2) is 0 Å². The zero-order chi connectivity index (χ0) is 54.8. The molecule has 0 aliphatic rings. The van der Waals surface area contributed by atoms with E-state index in [-0.39, 0.29) is 43.1 Å². The molecule has 26 nitrogen and oxygen atoms in total. The number of rotatable bonds is 34. The maximum atomic E-state index is 13.7. The molecular weight excluding hydrogens is 965 g/mol. The molecule has 0 aromatic heterocycles. The number of hydrogen-bond donors (Lipinski definition) is 15. The van der Waals surface area contributed by atoms with Crippen molar-refractivity contribution in [2.75, 3.05) is 25.1 Å². The highest BCUT2D eigenvalue weighted by atomic mass is 32.2. The third-order valence-electron chi connectivity index (χ3n) is 10.7. The predicted molar refractivity (Wildman–Crippen MR) is 263 cm³/mol. The van der Waals surface area contributed by atoms with E-state index in [0.717, 1.165) is 6.92 Å². The maximum Gasteiger partial charge on any atom is 0.326 e. The minimum absolute atomic E-state index is 0.0000257. The fourth-order valence-corrected chi connectivity index (χ4v) is 7.29. The molecule has 404 valence electrons. The van der Waals surface area contributed by atoms with Crippen LogP contribution in [0.4, 0.5) is 0 Å². The molecule has 0 spiro atoms. The Balaban J connectivity index is 3.20. The number of carbonyl (C=O) groups excluding carboxylic acids is 10. The molecule has 0 heterocycles. The van der Waals surface area contributed by atoms with E-state index in [9.17, 15) is 68.1 Å². The summed E-state index contributed by atoms with van der Waals surface area (Å²) in [7, 11) is 0. The topological polar surface area (TPSA) is 449 Å². The first-order valence-electron chi connectivity index (χ1n) is 23.3. The summed E-state index contributed by atoms with van der Waals surface area (Å²) in [4.78, 5) is 143. The number of unbranched alkanes of at least 4 members (excludes halogenated alkanes) is 1. The standard InChI is InChI=1S/C45H74N12O14S/c1-22(2)17-30(40(65)53-29(45(70)71)9-7-8-15-46)51-35(62)21-50-39(64)28(14-16-72-6)52-41(66)31(19-33(48)60)55-44(69)37(24(5)58)57-42(67)32(20-34(49)61)54-43(68)36(23(3)4)56-38(63)27(47)18-25-10-12-26(59)13-11-25/h10-13,22-24,27-32,36-37,58-59H,7-9,14-21,46-47H2,1-6H3,(H2,48,60)(H2,49,61)(H,50,64)(H,51,62)(H,52,66)(H,53,65)(H,54,68)(H,55,69)(H,56,63)(H,57,67)(H,70,71)/t24-,27+,28+,29+,30+,31+,32+,36+,37+/m1/s1. The van der Waals surface area contributed by atoms with Crippen molar-refractivity contribution in [2.45, 2.75) is 140 Å². The number of phenolic OH excluding ortho intramolecular Hbond substituents is 1. The number of nitrogens with two attached hydrogens (primary N) is 4. The van der Waals surface area contributed by atoms with Gasteiger partial charge in [0.05, 0.1) is 31.5 Å². The molecule has 0 aliphatic heterocycles. The molecule has 1 rings (SSSR count). The lowest BCUT2D eigenvalue weighted by Gasteiger charge is -2.28. The smallest absolute Gasteiger partial charge is 0.326 e. The van der Waals surface area contributed by atoms with Crippen molar-refractivity contribution in [2.24, 2.45) is 34.8 Å². The second-order valence-corrected chi connectivity index (χ2v) is 18.9. The van der Waals surface area contributed by atoms with Crippen molar-refractivity contribution < 1.29 is 68.1 Å². The van der Waals surface area contributed by atoms with Gasteiger partial charge in [-0.15, -0.1) is 0 Å². The van der Waals surface area contributed by atoms with E-state index < -0.39 is 145 Å². The van der Waals surface area contributed by atoms with Crippen LogP contribution in [0, 0.1) is 11.8 Å². The van der Waals surface area contributed by atoms with Gasteiger partial charge in [-0.1, -0.05) is 39.8 Å². The third-order valence-corrected chi connectivity index (χ3v) is 11.3. The highest BCUT2D eigenvalue weighted by Gasteiger charge is 2.36. The zero-order valence-corrected chi connectivity index (χ0v) is 42.3. The monoisotopic (exact) mass is 1040 g/mol. The van der Waals surface area contributed by atoms with E-state index in [1.54, 1.807) is 46.1 Å². The molecule has 0 fully saturated rings. The van der Waals surface area contributed by atoms with Crippen molar-refractivity contribution >= 4 is 76.8 Å². The van der Waals surface area contributed by atoms with Gasteiger partial charge in [-0.2, -0.15) is 11.8 Å². The summed E-state index contributed by atoms with van der Waals surface area (Å²) < 4.78 is 0. The Hall–Kier alpha value is -6.58. The summed E-state index contributed by atoms with van der Waals surface area (Å²) in [6.07, 6.45) is -0.520. The largest absolute Gasteiger partial charge is 0.508 e. The molecule has 19 N–H and O–H groups in total. The number of aliphatic hydroxyl groups excluding tert-OH is 1. The van der Waals surface area contributed by atoms with Crippen LogP contribution in [0.2, 0.25) is 0 Å². The van der Waals surface area contributed by atoms with Crippen LogP contribution in [0.3, 0.4) is 0 Å². The number of carboxylic acids is 1. The van der Waals surface area contributed by atoms with Crippen LogP contribution in [-0.2, 0) is 59.2 Å². The molecule has 0 radical (unpaired) electrons. The highest BCUT2D eigenvalue weighted by molar-refractivity contribution is 7.98. The summed E-state index contributed by atoms with van der Waals surface area (Å²) in [6.45, 7) is 7.42. The summed E-state index contributed by atoms with van der Waals surface area (Å²) in [5.74, 6) is -11.7. The minimum atomic E-state index is -1.92. The number of aliphatic hydroxyl groups is 1. The van der Waals surface area contributed by atoms with Crippen LogP contribution in [0.25, 0.3) is 0 Å². The number of carbonyl (C=O) groups is 11. The van der Waals surface area contributed by atoms with E-state index in [1.807, 2.05) is 0 Å². The van der Waals surface area contributed by atoms with Crippen molar-refractivity contribution in [3.8, 4) is 5.75 Å². The molecule has 0 saturated heterocycles. The number of amides is 10. The molecule has 0 bridgehead atoms. The molecule has 27 heteroatoms. The number of primary amides is 2. The molecule has 0 saturated carbocycles. The van der Waals surface area contributed by atoms with Crippen LogP contribution in [0.5, 0.6) is 5.75 Å². The first kappa shape index (κ1) is 63.4. The molecule has 1 aromatic carbocycles. The van der Waals surface area contributed by atoms with Crippen LogP contribution in [-0.4, -0.2) is 160 Å². The first-order valence-corrected chi connectivity index (χ1v) is 24.7. The fourth-order valence-electron chi connectivity index (χ4n) is 6.82. The molecule has 10 amide bonds. The number of benzene rings is 1. The SMILES string of the molecule is CSCC[C@H](NC(=O)[C@H](CC(N)=O)NC(=O)[C@@H](NC(=O)[C@H](CC(N)=O)NC(=O)[C@@H](NC(=O)[C@@H](N)Cc1ccc(O)cc1)C(C)C)[C@@H](C)O)C(=O)NCC(=O)N[C@@H](CC(C)C)C(=O)N[C@@H](CCCCN)C(=O)O. The van der Waals surface area contributed by atoms with E-state index in [1.165, 1.54) is 23.9 Å². The van der Waals surface area contributed by atoms with Crippen molar-refractivity contribution in [1.82, 2.24) is 42.5 Å². The Morgan fingerprint density at radius 1 is 0.611 bits per heavy atom. The zero-order valence-electron chi connectivity index (χ0n) is 41.5. The Bertz CT molecular complexity index is 2030. The third kappa shape index (κ3) is 24.0. The molecule has 9 atom stereocenters. The van der Waals surface area contributed by atoms with Gasteiger partial charge in [0.1, 0.15) is 48.0 Å². The number of thioether (sulfide) groups is 1. The molecule has 1 aromatic rings. The number of carboxylic acid groups (broad SMARTS) is 1.